The standard InChI is InChI=1S/C16H16BrNO/c1-11-3-5-13(6-4-11)10-18-16(19)15-8-7-14(17)9-12(15)2/h3-9H,10H2,1-2H3,(H,18,19). The van der Waals surface area contributed by atoms with Crippen molar-refractivity contribution in [2.45, 2.75) is 20.4 Å². The summed E-state index contributed by atoms with van der Waals surface area (Å²) in [6.45, 7) is 4.54. The van der Waals surface area contributed by atoms with E-state index in [4.69, 9.17) is 0 Å². The normalized spacial score (nSPS) is 10.3. The molecule has 1 N–H and O–H groups in total. The molecule has 0 radical (unpaired) electrons. The average molecular weight is 318 g/mol. The van der Waals surface area contributed by atoms with Crippen molar-refractivity contribution in [3.05, 3.63) is 69.2 Å². The smallest absolute Gasteiger partial charge is 0.251 e. The molecule has 2 rings (SSSR count). The van der Waals surface area contributed by atoms with Gasteiger partial charge in [-0.05, 0) is 43.2 Å². The van der Waals surface area contributed by atoms with Crippen LogP contribution in [-0.2, 0) is 6.54 Å². The Kier molecular flexibility index (Phi) is 4.38. The van der Waals surface area contributed by atoms with Gasteiger partial charge < -0.3 is 5.32 Å². The number of rotatable bonds is 3. The fraction of sp³-hybridized carbons (Fsp3) is 0.188. The number of carbonyl (C=O) groups is 1. The number of amides is 1. The molecule has 0 aliphatic rings. The number of aryl methyl sites for hydroxylation is 2. The molecule has 0 aromatic heterocycles. The third-order valence-corrected chi connectivity index (χ3v) is 3.50. The van der Waals surface area contributed by atoms with E-state index in [9.17, 15) is 4.79 Å². The van der Waals surface area contributed by atoms with Crippen LogP contribution in [0.3, 0.4) is 0 Å². The van der Waals surface area contributed by atoms with Gasteiger partial charge in [0.15, 0.2) is 0 Å². The monoisotopic (exact) mass is 317 g/mol. The number of nitrogens with one attached hydrogen (secondary N) is 1. The van der Waals surface area contributed by atoms with Crippen molar-refractivity contribution in [3.8, 4) is 0 Å². The Morgan fingerprint density at radius 2 is 1.79 bits per heavy atom. The van der Waals surface area contributed by atoms with Gasteiger partial charge in [-0.15, -0.1) is 0 Å². The van der Waals surface area contributed by atoms with E-state index in [2.05, 4.69) is 21.2 Å². The summed E-state index contributed by atoms with van der Waals surface area (Å²) in [4.78, 5) is 12.1. The molecule has 98 valence electrons. The average Bonchev–Trinajstić information content (AvgIpc) is 2.37. The Morgan fingerprint density at radius 3 is 2.42 bits per heavy atom. The van der Waals surface area contributed by atoms with E-state index in [1.54, 1.807) is 0 Å². The minimum atomic E-state index is -0.0365. The molecular formula is C16H16BrNO. The number of hydrogen-bond acceptors (Lipinski definition) is 1. The zero-order valence-corrected chi connectivity index (χ0v) is 12.6. The number of hydrogen-bond donors (Lipinski definition) is 1. The Bertz CT molecular complexity index is 590. The molecule has 2 nitrogen and oxygen atoms in total. The summed E-state index contributed by atoms with van der Waals surface area (Å²) in [5.74, 6) is -0.0365. The van der Waals surface area contributed by atoms with Gasteiger partial charge in [0.25, 0.3) is 5.91 Å². The fourth-order valence-electron chi connectivity index (χ4n) is 1.87. The van der Waals surface area contributed by atoms with Crippen molar-refractivity contribution >= 4 is 21.8 Å². The van der Waals surface area contributed by atoms with Crippen LogP contribution in [-0.4, -0.2) is 5.91 Å². The van der Waals surface area contributed by atoms with Crippen LogP contribution < -0.4 is 5.32 Å². The Morgan fingerprint density at radius 1 is 1.11 bits per heavy atom. The number of halogens is 1. The second-order valence-electron chi connectivity index (χ2n) is 4.63. The lowest BCUT2D eigenvalue weighted by molar-refractivity contribution is 0.0950. The lowest BCUT2D eigenvalue weighted by Gasteiger charge is -2.08. The highest BCUT2D eigenvalue weighted by Crippen LogP contribution is 2.15. The van der Waals surface area contributed by atoms with Crippen LogP contribution in [0.1, 0.15) is 27.0 Å². The predicted molar refractivity (Wildman–Crippen MR) is 81.2 cm³/mol. The topological polar surface area (TPSA) is 29.1 Å². The zero-order valence-electron chi connectivity index (χ0n) is 11.0. The largest absolute Gasteiger partial charge is 0.348 e. The molecule has 0 unspecified atom stereocenters. The van der Waals surface area contributed by atoms with Gasteiger partial charge >= 0.3 is 0 Å². The summed E-state index contributed by atoms with van der Waals surface area (Å²) in [6, 6.07) is 13.8. The predicted octanol–water partition coefficient (Wildman–Crippen LogP) is 4.00. The summed E-state index contributed by atoms with van der Waals surface area (Å²) in [7, 11) is 0. The molecule has 0 saturated heterocycles. The van der Waals surface area contributed by atoms with E-state index < -0.39 is 0 Å². The molecule has 0 aliphatic heterocycles. The third kappa shape index (κ3) is 3.67. The van der Waals surface area contributed by atoms with Gasteiger partial charge in [-0.2, -0.15) is 0 Å². The second-order valence-corrected chi connectivity index (χ2v) is 5.54. The Labute approximate surface area is 122 Å². The molecule has 0 aliphatic carbocycles. The van der Waals surface area contributed by atoms with Crippen molar-refractivity contribution in [1.82, 2.24) is 5.32 Å². The van der Waals surface area contributed by atoms with Crippen molar-refractivity contribution in [3.63, 3.8) is 0 Å². The number of benzene rings is 2. The van der Waals surface area contributed by atoms with Gasteiger partial charge in [-0.25, -0.2) is 0 Å². The molecule has 19 heavy (non-hydrogen) atoms. The summed E-state index contributed by atoms with van der Waals surface area (Å²) >= 11 is 3.40. The van der Waals surface area contributed by atoms with Crippen LogP contribution in [0.5, 0.6) is 0 Å². The molecule has 0 atom stereocenters. The first-order valence-corrected chi connectivity index (χ1v) is 6.95. The minimum Gasteiger partial charge on any atom is -0.348 e. The highest BCUT2D eigenvalue weighted by atomic mass is 79.9. The van der Waals surface area contributed by atoms with Crippen molar-refractivity contribution in [2.24, 2.45) is 0 Å². The van der Waals surface area contributed by atoms with Crippen LogP contribution >= 0.6 is 15.9 Å². The lowest BCUT2D eigenvalue weighted by atomic mass is 10.1. The van der Waals surface area contributed by atoms with Crippen LogP contribution in [0, 0.1) is 13.8 Å². The first-order valence-electron chi connectivity index (χ1n) is 6.16. The fourth-order valence-corrected chi connectivity index (χ4v) is 2.34. The van der Waals surface area contributed by atoms with Crippen LogP contribution in [0.25, 0.3) is 0 Å². The molecule has 1 amide bonds. The molecule has 0 heterocycles. The lowest BCUT2D eigenvalue weighted by Crippen LogP contribution is -2.23. The highest BCUT2D eigenvalue weighted by molar-refractivity contribution is 9.10. The van der Waals surface area contributed by atoms with E-state index >= 15 is 0 Å². The van der Waals surface area contributed by atoms with Gasteiger partial charge in [0, 0.05) is 16.6 Å². The van der Waals surface area contributed by atoms with E-state index in [1.807, 2.05) is 56.3 Å². The summed E-state index contributed by atoms with van der Waals surface area (Å²) in [5, 5.41) is 2.94. The SMILES string of the molecule is Cc1ccc(CNC(=O)c2ccc(Br)cc2C)cc1. The van der Waals surface area contributed by atoms with Gasteiger partial charge in [-0.1, -0.05) is 45.8 Å². The van der Waals surface area contributed by atoms with Gasteiger partial charge in [0.2, 0.25) is 0 Å². The molecule has 2 aromatic carbocycles. The van der Waals surface area contributed by atoms with Crippen molar-refractivity contribution in [2.75, 3.05) is 0 Å². The maximum Gasteiger partial charge on any atom is 0.251 e. The maximum atomic E-state index is 12.1. The molecule has 0 saturated carbocycles. The summed E-state index contributed by atoms with van der Waals surface area (Å²) in [6.07, 6.45) is 0. The minimum absolute atomic E-state index is 0.0365. The molecule has 3 heteroatoms. The van der Waals surface area contributed by atoms with Gasteiger partial charge in [-0.3, -0.25) is 4.79 Å². The molecule has 2 aromatic rings. The Hall–Kier alpha value is -1.61. The van der Waals surface area contributed by atoms with Crippen LogP contribution in [0.4, 0.5) is 0 Å². The van der Waals surface area contributed by atoms with E-state index in [0.717, 1.165) is 21.2 Å². The molecule has 0 fully saturated rings. The second kappa shape index (κ2) is 6.02. The number of carbonyl (C=O) groups excluding carboxylic acids is 1. The van der Waals surface area contributed by atoms with E-state index in [1.165, 1.54) is 5.56 Å². The highest BCUT2D eigenvalue weighted by Gasteiger charge is 2.08. The third-order valence-electron chi connectivity index (χ3n) is 3.01. The van der Waals surface area contributed by atoms with Gasteiger partial charge in [0.1, 0.15) is 0 Å². The van der Waals surface area contributed by atoms with Crippen LogP contribution in [0.15, 0.2) is 46.9 Å². The first kappa shape index (κ1) is 13.8. The quantitative estimate of drug-likeness (QED) is 0.911. The van der Waals surface area contributed by atoms with Crippen LogP contribution in [0.2, 0.25) is 0 Å². The van der Waals surface area contributed by atoms with E-state index in [-0.39, 0.29) is 5.91 Å². The maximum absolute atomic E-state index is 12.1. The molecule has 0 bridgehead atoms. The Balaban J connectivity index is 2.03. The molecular weight excluding hydrogens is 302 g/mol. The van der Waals surface area contributed by atoms with Gasteiger partial charge in [0.05, 0.1) is 0 Å². The molecule has 0 spiro atoms. The summed E-state index contributed by atoms with van der Waals surface area (Å²) < 4.78 is 0.986. The first-order chi connectivity index (χ1) is 9.06. The van der Waals surface area contributed by atoms with Crippen molar-refractivity contribution < 1.29 is 4.79 Å². The van der Waals surface area contributed by atoms with E-state index in [0.29, 0.717) is 6.54 Å². The van der Waals surface area contributed by atoms with Crippen molar-refractivity contribution in [1.29, 1.82) is 0 Å². The zero-order chi connectivity index (χ0) is 13.8. The summed E-state index contributed by atoms with van der Waals surface area (Å²) in [5.41, 5.74) is 4.01.